The fraction of sp³-hybridized carbons (Fsp3) is 0.357. The molecule has 0 aliphatic heterocycles. The number of carboxylic acid groups (broad SMARTS) is 1. The summed E-state index contributed by atoms with van der Waals surface area (Å²) in [5, 5.41) is 10.1. The van der Waals surface area contributed by atoms with E-state index in [1.165, 1.54) is 16.5 Å². The summed E-state index contributed by atoms with van der Waals surface area (Å²) in [7, 11) is 0. The number of carbonyl (C=O) groups is 1. The maximum atomic E-state index is 9.74. The van der Waals surface area contributed by atoms with Crippen molar-refractivity contribution in [3.63, 3.8) is 0 Å². The fourth-order valence-corrected chi connectivity index (χ4v) is 1.99. The Morgan fingerprint density at radius 3 is 2.68 bits per heavy atom. The lowest BCUT2D eigenvalue weighted by Gasteiger charge is -1.93. The van der Waals surface area contributed by atoms with Gasteiger partial charge in [0.15, 0.2) is 0 Å². The van der Waals surface area contributed by atoms with Crippen LogP contribution in [0.3, 0.4) is 0 Å². The molecule has 104 valence electrons. The van der Waals surface area contributed by atoms with E-state index in [4.69, 9.17) is 10.8 Å². The standard InChI is InChI=1S/C10H12N2.C4H7BrO2/c11-6-5-8-7-12-10-4-2-1-3-9(8)10;5-3-1-2-4(6)7/h1-4,7,12H,5-6,11H2;1-3H2,(H,6,7). The second-order valence-corrected chi connectivity index (χ2v) is 4.88. The lowest BCUT2D eigenvalue weighted by molar-refractivity contribution is -0.137. The molecule has 0 saturated carbocycles. The van der Waals surface area contributed by atoms with Crippen molar-refractivity contribution in [3.8, 4) is 0 Å². The molecule has 0 atom stereocenters. The Morgan fingerprint density at radius 2 is 2.11 bits per heavy atom. The van der Waals surface area contributed by atoms with Crippen molar-refractivity contribution in [2.45, 2.75) is 19.3 Å². The van der Waals surface area contributed by atoms with Crippen LogP contribution in [0.15, 0.2) is 30.5 Å². The van der Waals surface area contributed by atoms with Crippen LogP contribution in [0.5, 0.6) is 0 Å². The van der Waals surface area contributed by atoms with E-state index >= 15 is 0 Å². The van der Waals surface area contributed by atoms with E-state index in [0.717, 1.165) is 18.2 Å². The highest BCUT2D eigenvalue weighted by atomic mass is 79.9. The van der Waals surface area contributed by atoms with E-state index in [1.54, 1.807) is 0 Å². The highest BCUT2D eigenvalue weighted by Crippen LogP contribution is 2.17. The third-order valence-electron chi connectivity index (χ3n) is 2.61. The Balaban J connectivity index is 0.000000224. The molecule has 0 aliphatic carbocycles. The zero-order valence-corrected chi connectivity index (χ0v) is 12.3. The Hall–Kier alpha value is -1.33. The number of aromatic amines is 1. The number of nitrogens with two attached hydrogens (primary N) is 1. The average Bonchev–Trinajstić information content (AvgIpc) is 2.81. The number of para-hydroxylation sites is 1. The summed E-state index contributed by atoms with van der Waals surface area (Å²) < 4.78 is 0. The van der Waals surface area contributed by atoms with Crippen molar-refractivity contribution >= 4 is 32.8 Å². The zero-order valence-electron chi connectivity index (χ0n) is 10.7. The average molecular weight is 327 g/mol. The number of H-pyrrole nitrogens is 1. The van der Waals surface area contributed by atoms with E-state index < -0.39 is 5.97 Å². The number of aromatic nitrogens is 1. The molecule has 0 bridgehead atoms. The number of carboxylic acids is 1. The molecule has 0 radical (unpaired) electrons. The van der Waals surface area contributed by atoms with E-state index in [9.17, 15) is 4.79 Å². The first kappa shape index (κ1) is 15.7. The summed E-state index contributed by atoms with van der Waals surface area (Å²) in [6.45, 7) is 0.710. The molecule has 2 rings (SSSR count). The number of nitrogens with one attached hydrogen (secondary N) is 1. The van der Waals surface area contributed by atoms with Gasteiger partial charge in [0.05, 0.1) is 0 Å². The molecule has 4 N–H and O–H groups in total. The van der Waals surface area contributed by atoms with Gasteiger partial charge in [-0.25, -0.2) is 0 Å². The minimum atomic E-state index is -0.723. The summed E-state index contributed by atoms with van der Waals surface area (Å²) >= 11 is 3.11. The first-order chi connectivity index (χ1) is 9.19. The van der Waals surface area contributed by atoms with Crippen molar-refractivity contribution in [1.82, 2.24) is 4.98 Å². The normalized spacial score (nSPS) is 10.0. The molecule has 4 nitrogen and oxygen atoms in total. The summed E-state index contributed by atoms with van der Waals surface area (Å²) in [5.41, 5.74) is 8.01. The Bertz CT molecular complexity index is 511. The Kier molecular flexibility index (Phi) is 7.22. The molecule has 0 amide bonds. The fourth-order valence-electron chi connectivity index (χ4n) is 1.71. The van der Waals surface area contributed by atoms with E-state index in [2.05, 4.69) is 39.1 Å². The molecule has 5 heteroatoms. The second-order valence-electron chi connectivity index (χ2n) is 4.08. The van der Waals surface area contributed by atoms with Crippen molar-refractivity contribution in [2.24, 2.45) is 5.73 Å². The number of hydrogen-bond donors (Lipinski definition) is 3. The number of aliphatic carboxylic acids is 1. The van der Waals surface area contributed by atoms with E-state index in [0.29, 0.717) is 6.54 Å². The molecule has 1 heterocycles. The SMILES string of the molecule is NCCc1c[nH]c2ccccc12.O=C(O)CCCBr. The third kappa shape index (κ3) is 5.44. The van der Waals surface area contributed by atoms with Crippen LogP contribution in [0.1, 0.15) is 18.4 Å². The summed E-state index contributed by atoms with van der Waals surface area (Å²) in [6, 6.07) is 8.29. The number of halogens is 1. The number of alkyl halides is 1. The summed E-state index contributed by atoms with van der Waals surface area (Å²) in [5.74, 6) is -0.723. The van der Waals surface area contributed by atoms with Gasteiger partial charge < -0.3 is 15.8 Å². The van der Waals surface area contributed by atoms with Gasteiger partial charge in [0.2, 0.25) is 0 Å². The first-order valence-electron chi connectivity index (χ1n) is 6.22. The van der Waals surface area contributed by atoms with Crippen LogP contribution < -0.4 is 5.73 Å². The molecule has 19 heavy (non-hydrogen) atoms. The highest BCUT2D eigenvalue weighted by molar-refractivity contribution is 9.09. The van der Waals surface area contributed by atoms with Gasteiger partial charge in [-0.15, -0.1) is 0 Å². The molecule has 0 unspecified atom stereocenters. The molecule has 0 fully saturated rings. The molecule has 2 aromatic rings. The van der Waals surface area contributed by atoms with Crippen LogP contribution in [0.25, 0.3) is 10.9 Å². The molecule has 0 spiro atoms. The predicted octanol–water partition coefficient (Wildman–Crippen LogP) is 2.92. The second kappa shape index (κ2) is 8.72. The van der Waals surface area contributed by atoms with Crippen molar-refractivity contribution in [3.05, 3.63) is 36.0 Å². The highest BCUT2D eigenvalue weighted by Gasteiger charge is 1.99. The summed E-state index contributed by atoms with van der Waals surface area (Å²) in [4.78, 5) is 13.0. The quantitative estimate of drug-likeness (QED) is 0.739. The minimum Gasteiger partial charge on any atom is -0.481 e. The van der Waals surface area contributed by atoms with Gasteiger partial charge in [-0.2, -0.15) is 0 Å². The van der Waals surface area contributed by atoms with Crippen LogP contribution in [0.4, 0.5) is 0 Å². The van der Waals surface area contributed by atoms with Crippen LogP contribution in [-0.4, -0.2) is 27.9 Å². The monoisotopic (exact) mass is 326 g/mol. The van der Waals surface area contributed by atoms with Gasteiger partial charge in [0.1, 0.15) is 0 Å². The first-order valence-corrected chi connectivity index (χ1v) is 7.34. The van der Waals surface area contributed by atoms with Gasteiger partial charge in [-0.3, -0.25) is 4.79 Å². The predicted molar refractivity (Wildman–Crippen MR) is 81.7 cm³/mol. The molecule has 1 aromatic carbocycles. The van der Waals surface area contributed by atoms with Gasteiger partial charge in [-0.1, -0.05) is 34.1 Å². The number of rotatable bonds is 5. The maximum absolute atomic E-state index is 9.74. The van der Waals surface area contributed by atoms with E-state index in [1.807, 2.05) is 12.3 Å². The van der Waals surface area contributed by atoms with Crippen LogP contribution in [0, 0.1) is 0 Å². The molecular formula is C14H19BrN2O2. The largest absolute Gasteiger partial charge is 0.481 e. The number of benzene rings is 1. The zero-order chi connectivity index (χ0) is 14.1. The Labute approximate surface area is 121 Å². The molecule has 0 aliphatic rings. The minimum absolute atomic E-state index is 0.269. The molecular weight excluding hydrogens is 308 g/mol. The van der Waals surface area contributed by atoms with Crippen molar-refractivity contribution in [1.29, 1.82) is 0 Å². The molecule has 0 saturated heterocycles. The van der Waals surface area contributed by atoms with Gasteiger partial charge in [0.25, 0.3) is 0 Å². The topological polar surface area (TPSA) is 79.1 Å². The number of hydrogen-bond acceptors (Lipinski definition) is 2. The lowest BCUT2D eigenvalue weighted by atomic mass is 10.1. The third-order valence-corrected chi connectivity index (χ3v) is 3.17. The summed E-state index contributed by atoms with van der Waals surface area (Å²) in [6.07, 6.45) is 3.97. The van der Waals surface area contributed by atoms with E-state index in [-0.39, 0.29) is 6.42 Å². The smallest absolute Gasteiger partial charge is 0.303 e. The van der Waals surface area contributed by atoms with Crippen molar-refractivity contribution < 1.29 is 9.90 Å². The van der Waals surface area contributed by atoms with Gasteiger partial charge in [-0.05, 0) is 31.0 Å². The van der Waals surface area contributed by atoms with Gasteiger partial charge in [0, 0.05) is 28.9 Å². The van der Waals surface area contributed by atoms with Crippen LogP contribution >= 0.6 is 15.9 Å². The molecule has 1 aromatic heterocycles. The Morgan fingerprint density at radius 1 is 1.37 bits per heavy atom. The maximum Gasteiger partial charge on any atom is 0.303 e. The van der Waals surface area contributed by atoms with Crippen LogP contribution in [-0.2, 0) is 11.2 Å². The van der Waals surface area contributed by atoms with Gasteiger partial charge >= 0.3 is 5.97 Å². The number of fused-ring (bicyclic) bond motifs is 1. The van der Waals surface area contributed by atoms with Crippen molar-refractivity contribution in [2.75, 3.05) is 11.9 Å². The lowest BCUT2D eigenvalue weighted by Crippen LogP contribution is -2.01. The van der Waals surface area contributed by atoms with Crippen LogP contribution in [0.2, 0.25) is 0 Å².